The molecule has 3 heteroatoms. The SMILES string of the molecule is Fc1ccc(CNC23CC4CC(CC(C4)C2)C3)c(F)c1. The number of nitrogens with one attached hydrogen (secondary N) is 1. The first-order valence-electron chi connectivity index (χ1n) is 7.81. The van der Waals surface area contributed by atoms with Crippen LogP contribution in [0.25, 0.3) is 0 Å². The molecule has 0 spiro atoms. The molecule has 0 unspecified atom stereocenters. The first-order valence-corrected chi connectivity index (χ1v) is 7.81. The summed E-state index contributed by atoms with van der Waals surface area (Å²) >= 11 is 0. The largest absolute Gasteiger partial charge is 0.307 e. The van der Waals surface area contributed by atoms with Crippen LogP contribution in [-0.4, -0.2) is 5.54 Å². The van der Waals surface area contributed by atoms with Crippen LogP contribution < -0.4 is 5.32 Å². The molecule has 1 nitrogen and oxygen atoms in total. The molecule has 1 aromatic carbocycles. The molecule has 108 valence electrons. The van der Waals surface area contributed by atoms with Crippen molar-refractivity contribution in [2.24, 2.45) is 17.8 Å². The summed E-state index contributed by atoms with van der Waals surface area (Å²) < 4.78 is 26.7. The Balaban J connectivity index is 1.49. The minimum atomic E-state index is -0.499. The molecule has 4 fully saturated rings. The summed E-state index contributed by atoms with van der Waals surface area (Å²) in [5, 5.41) is 3.64. The van der Waals surface area contributed by atoms with Crippen molar-refractivity contribution in [3.05, 3.63) is 35.4 Å². The maximum atomic E-state index is 13.7. The summed E-state index contributed by atoms with van der Waals surface area (Å²) in [6.45, 7) is 0.526. The lowest BCUT2D eigenvalue weighted by molar-refractivity contribution is -0.0207. The third-order valence-electron chi connectivity index (χ3n) is 5.71. The number of halogens is 2. The molecular formula is C17H21F2N. The van der Waals surface area contributed by atoms with Crippen LogP contribution in [0.1, 0.15) is 44.1 Å². The highest BCUT2D eigenvalue weighted by molar-refractivity contribution is 5.19. The van der Waals surface area contributed by atoms with Gasteiger partial charge in [0.1, 0.15) is 11.6 Å². The Kier molecular flexibility index (Phi) is 2.88. The van der Waals surface area contributed by atoms with E-state index in [9.17, 15) is 8.78 Å². The van der Waals surface area contributed by atoms with Gasteiger partial charge in [-0.1, -0.05) is 6.07 Å². The Hall–Kier alpha value is -0.960. The van der Waals surface area contributed by atoms with E-state index in [1.165, 1.54) is 44.6 Å². The van der Waals surface area contributed by atoms with Crippen molar-refractivity contribution in [3.63, 3.8) is 0 Å². The Morgan fingerprint density at radius 2 is 1.60 bits per heavy atom. The molecule has 4 aliphatic rings. The van der Waals surface area contributed by atoms with Gasteiger partial charge in [0.25, 0.3) is 0 Å². The van der Waals surface area contributed by atoms with E-state index in [-0.39, 0.29) is 5.54 Å². The van der Waals surface area contributed by atoms with Crippen LogP contribution in [0.2, 0.25) is 0 Å². The van der Waals surface area contributed by atoms with Gasteiger partial charge in [-0.05, 0) is 62.3 Å². The molecular weight excluding hydrogens is 256 g/mol. The zero-order valence-corrected chi connectivity index (χ0v) is 11.7. The summed E-state index contributed by atoms with van der Waals surface area (Å²) in [4.78, 5) is 0. The van der Waals surface area contributed by atoms with Crippen LogP contribution in [-0.2, 0) is 6.54 Å². The van der Waals surface area contributed by atoms with Gasteiger partial charge in [0.05, 0.1) is 0 Å². The van der Waals surface area contributed by atoms with Crippen molar-refractivity contribution in [2.45, 2.75) is 50.6 Å². The highest BCUT2D eigenvalue weighted by Crippen LogP contribution is 2.55. The van der Waals surface area contributed by atoms with E-state index in [1.54, 1.807) is 6.07 Å². The van der Waals surface area contributed by atoms with Crippen molar-refractivity contribution < 1.29 is 8.78 Å². The van der Waals surface area contributed by atoms with Gasteiger partial charge in [0.2, 0.25) is 0 Å². The average Bonchev–Trinajstić information content (AvgIpc) is 2.36. The van der Waals surface area contributed by atoms with Gasteiger partial charge < -0.3 is 5.32 Å². The van der Waals surface area contributed by atoms with E-state index in [0.29, 0.717) is 12.1 Å². The number of hydrogen-bond acceptors (Lipinski definition) is 1. The highest BCUT2D eigenvalue weighted by Gasteiger charge is 2.50. The van der Waals surface area contributed by atoms with Crippen molar-refractivity contribution in [1.82, 2.24) is 5.32 Å². The van der Waals surface area contributed by atoms with Crippen LogP contribution in [0.5, 0.6) is 0 Å². The lowest BCUT2D eigenvalue weighted by atomic mass is 9.53. The maximum absolute atomic E-state index is 13.7. The third-order valence-corrected chi connectivity index (χ3v) is 5.71. The van der Waals surface area contributed by atoms with Gasteiger partial charge in [-0.15, -0.1) is 0 Å². The zero-order chi connectivity index (χ0) is 13.7. The molecule has 20 heavy (non-hydrogen) atoms. The average molecular weight is 277 g/mol. The Bertz CT molecular complexity index is 490. The molecule has 1 aromatic rings. The molecule has 0 atom stereocenters. The fourth-order valence-electron chi connectivity index (χ4n) is 5.27. The van der Waals surface area contributed by atoms with Gasteiger partial charge in [0, 0.05) is 23.7 Å². The molecule has 0 aromatic heterocycles. The minimum absolute atomic E-state index is 0.232. The summed E-state index contributed by atoms with van der Waals surface area (Å²) in [5.41, 5.74) is 0.817. The van der Waals surface area contributed by atoms with Gasteiger partial charge >= 0.3 is 0 Å². The predicted molar refractivity (Wildman–Crippen MR) is 74.1 cm³/mol. The standard InChI is InChI=1S/C17H21F2N/c18-15-2-1-14(16(19)6-15)10-20-17-7-11-3-12(8-17)5-13(4-11)9-17/h1-2,6,11-13,20H,3-5,7-10H2. The van der Waals surface area contributed by atoms with Crippen molar-refractivity contribution in [1.29, 1.82) is 0 Å². The van der Waals surface area contributed by atoms with Gasteiger partial charge in [-0.25, -0.2) is 8.78 Å². The first-order chi connectivity index (χ1) is 9.62. The topological polar surface area (TPSA) is 12.0 Å². The van der Waals surface area contributed by atoms with E-state index in [2.05, 4.69) is 5.32 Å². The summed E-state index contributed by atoms with van der Waals surface area (Å²) in [7, 11) is 0. The fourth-order valence-corrected chi connectivity index (χ4v) is 5.27. The van der Waals surface area contributed by atoms with E-state index in [0.717, 1.165) is 23.8 Å². The van der Waals surface area contributed by atoms with Crippen LogP contribution in [0.3, 0.4) is 0 Å². The molecule has 4 aliphatic carbocycles. The maximum Gasteiger partial charge on any atom is 0.130 e. The van der Waals surface area contributed by atoms with E-state index in [1.807, 2.05) is 0 Å². The molecule has 0 saturated heterocycles. The summed E-state index contributed by atoms with van der Waals surface area (Å²) in [6, 6.07) is 3.90. The quantitative estimate of drug-likeness (QED) is 0.879. The van der Waals surface area contributed by atoms with Crippen LogP contribution in [0, 0.1) is 29.4 Å². The molecule has 0 radical (unpaired) electrons. The van der Waals surface area contributed by atoms with E-state index >= 15 is 0 Å². The Morgan fingerprint density at radius 3 is 2.15 bits per heavy atom. The predicted octanol–water partition coefficient (Wildman–Crippen LogP) is 4.02. The molecule has 5 rings (SSSR count). The molecule has 4 bridgehead atoms. The van der Waals surface area contributed by atoms with E-state index < -0.39 is 11.6 Å². The van der Waals surface area contributed by atoms with Crippen LogP contribution in [0.4, 0.5) is 8.78 Å². The fraction of sp³-hybridized carbons (Fsp3) is 0.647. The first kappa shape index (κ1) is 12.8. The minimum Gasteiger partial charge on any atom is -0.307 e. The monoisotopic (exact) mass is 277 g/mol. The number of hydrogen-bond donors (Lipinski definition) is 1. The number of benzene rings is 1. The second-order valence-corrected chi connectivity index (χ2v) is 7.29. The molecule has 4 saturated carbocycles. The van der Waals surface area contributed by atoms with Gasteiger partial charge in [-0.2, -0.15) is 0 Å². The van der Waals surface area contributed by atoms with Gasteiger partial charge in [0.15, 0.2) is 0 Å². The second-order valence-electron chi connectivity index (χ2n) is 7.29. The normalized spacial score (nSPS) is 38.4. The molecule has 1 N–H and O–H groups in total. The van der Waals surface area contributed by atoms with Crippen molar-refractivity contribution in [3.8, 4) is 0 Å². The second kappa shape index (κ2) is 4.52. The lowest BCUT2D eigenvalue weighted by Gasteiger charge is -2.57. The summed E-state index contributed by atoms with van der Waals surface area (Å²) in [6.07, 6.45) is 7.98. The summed E-state index contributed by atoms with van der Waals surface area (Å²) in [5.74, 6) is 1.72. The van der Waals surface area contributed by atoms with Crippen LogP contribution in [0.15, 0.2) is 18.2 Å². The van der Waals surface area contributed by atoms with E-state index in [4.69, 9.17) is 0 Å². The molecule has 0 heterocycles. The third kappa shape index (κ3) is 2.16. The molecule has 0 aliphatic heterocycles. The lowest BCUT2D eigenvalue weighted by Crippen LogP contribution is -2.58. The van der Waals surface area contributed by atoms with Crippen molar-refractivity contribution in [2.75, 3.05) is 0 Å². The Labute approximate surface area is 118 Å². The van der Waals surface area contributed by atoms with Crippen molar-refractivity contribution >= 4 is 0 Å². The van der Waals surface area contributed by atoms with Gasteiger partial charge in [-0.3, -0.25) is 0 Å². The highest BCUT2D eigenvalue weighted by atomic mass is 19.1. The Morgan fingerprint density at radius 1 is 1.00 bits per heavy atom. The smallest absolute Gasteiger partial charge is 0.130 e. The zero-order valence-electron chi connectivity index (χ0n) is 11.7. The number of rotatable bonds is 3. The molecule has 0 amide bonds. The van der Waals surface area contributed by atoms with Crippen LogP contribution >= 0.6 is 0 Å².